The Bertz CT molecular complexity index is 1460. The quantitative estimate of drug-likeness (QED) is 0.335. The highest BCUT2D eigenvalue weighted by Crippen LogP contribution is 2.39. The zero-order valence-electron chi connectivity index (χ0n) is 17.6. The Morgan fingerprint density at radius 3 is 2.69 bits per heavy atom. The van der Waals surface area contributed by atoms with Gasteiger partial charge in [-0.05, 0) is 34.9 Å². The van der Waals surface area contributed by atoms with Gasteiger partial charge in [-0.3, -0.25) is 4.79 Å². The molecule has 0 aliphatic carbocycles. The van der Waals surface area contributed by atoms with E-state index in [1.54, 1.807) is 19.4 Å². The fraction of sp³-hybridized carbons (Fsp3) is 0.0769. The van der Waals surface area contributed by atoms with Crippen LogP contribution in [0.1, 0.15) is 12.5 Å². The maximum Gasteiger partial charge on any atom is 0.249 e. The van der Waals surface area contributed by atoms with Crippen molar-refractivity contribution in [2.45, 2.75) is 6.92 Å². The Balaban J connectivity index is 1.61. The molecule has 3 aromatic carbocycles. The molecule has 2 aromatic heterocycles. The van der Waals surface area contributed by atoms with Crippen LogP contribution >= 0.6 is 0 Å². The van der Waals surface area contributed by atoms with E-state index in [0.717, 1.165) is 38.4 Å². The highest BCUT2D eigenvalue weighted by Gasteiger charge is 2.16. The number of anilines is 1. The molecule has 158 valence electrons. The second kappa shape index (κ2) is 8.07. The van der Waals surface area contributed by atoms with E-state index in [9.17, 15) is 4.79 Å². The molecule has 1 N–H and O–H groups in total. The van der Waals surface area contributed by atoms with Crippen molar-refractivity contribution < 1.29 is 18.5 Å². The van der Waals surface area contributed by atoms with Gasteiger partial charge in [-0.25, -0.2) is 0 Å². The van der Waals surface area contributed by atoms with Crippen molar-refractivity contribution >= 4 is 39.0 Å². The summed E-state index contributed by atoms with van der Waals surface area (Å²) in [5.74, 6) is 0.675. The number of furan rings is 1. The molecule has 0 unspecified atom stereocenters. The number of methoxy groups -OCH3 is 1. The molecule has 6 nitrogen and oxygen atoms in total. The van der Waals surface area contributed by atoms with Gasteiger partial charge in [0.15, 0.2) is 5.82 Å². The topological polar surface area (TPSA) is 77.5 Å². The molecule has 6 heteroatoms. The number of hydrogen-bond donors (Lipinski definition) is 1. The Hall–Kier alpha value is -4.32. The van der Waals surface area contributed by atoms with Crippen molar-refractivity contribution in [3.05, 3.63) is 84.8 Å². The molecule has 5 aromatic rings. The Labute approximate surface area is 184 Å². The van der Waals surface area contributed by atoms with Crippen molar-refractivity contribution in [3.8, 4) is 16.9 Å². The number of rotatable bonds is 5. The second-order valence-corrected chi connectivity index (χ2v) is 7.43. The minimum atomic E-state index is -0.306. The van der Waals surface area contributed by atoms with Crippen molar-refractivity contribution in [2.75, 3.05) is 12.4 Å². The molecule has 0 aliphatic rings. The third kappa shape index (κ3) is 3.52. The number of hydrogen-bond acceptors (Lipinski definition) is 5. The first kappa shape index (κ1) is 19.6. The lowest BCUT2D eigenvalue weighted by Crippen LogP contribution is -2.08. The smallest absolute Gasteiger partial charge is 0.249 e. The van der Waals surface area contributed by atoms with Gasteiger partial charge >= 0.3 is 0 Å². The van der Waals surface area contributed by atoms with Gasteiger partial charge < -0.3 is 19.0 Å². The molecule has 0 saturated carbocycles. The maximum absolute atomic E-state index is 12.4. The fourth-order valence-corrected chi connectivity index (χ4v) is 3.91. The third-order valence-corrected chi connectivity index (χ3v) is 5.44. The Morgan fingerprint density at radius 2 is 1.88 bits per heavy atom. The van der Waals surface area contributed by atoms with E-state index in [1.165, 1.54) is 12.3 Å². The number of amides is 1. The molecule has 0 fully saturated rings. The summed E-state index contributed by atoms with van der Waals surface area (Å²) in [6.07, 6.45) is 4.68. The summed E-state index contributed by atoms with van der Waals surface area (Å²) in [6, 6.07) is 19.9. The van der Waals surface area contributed by atoms with Crippen LogP contribution in [0.25, 0.3) is 38.4 Å². The van der Waals surface area contributed by atoms with E-state index in [-0.39, 0.29) is 5.91 Å². The Kier molecular flexibility index (Phi) is 4.95. The van der Waals surface area contributed by atoms with Crippen LogP contribution in [0.5, 0.6) is 5.75 Å². The number of nitrogens with one attached hydrogen (secondary N) is 1. The third-order valence-electron chi connectivity index (χ3n) is 5.44. The van der Waals surface area contributed by atoms with E-state index in [1.807, 2.05) is 37.3 Å². The second-order valence-electron chi connectivity index (χ2n) is 7.43. The molecule has 0 saturated heterocycles. The van der Waals surface area contributed by atoms with Gasteiger partial charge in [-0.15, -0.1) is 0 Å². The molecule has 1 amide bonds. The number of nitrogens with zero attached hydrogens (tertiary/aromatic N) is 1. The number of aromatic nitrogens is 1. The molecule has 0 bridgehead atoms. The summed E-state index contributed by atoms with van der Waals surface area (Å²) < 4.78 is 16.2. The predicted molar refractivity (Wildman–Crippen MR) is 124 cm³/mol. The van der Waals surface area contributed by atoms with Crippen LogP contribution in [0.15, 0.2) is 88.2 Å². The first-order valence-electron chi connectivity index (χ1n) is 10.1. The largest absolute Gasteiger partial charge is 0.496 e. The van der Waals surface area contributed by atoms with Crippen molar-refractivity contribution in [3.63, 3.8) is 0 Å². The van der Waals surface area contributed by atoms with Gasteiger partial charge in [-0.1, -0.05) is 47.6 Å². The molecular formula is C26H20N2O4. The van der Waals surface area contributed by atoms with Gasteiger partial charge in [-0.2, -0.15) is 0 Å². The normalized spacial score (nSPS) is 11.8. The minimum absolute atomic E-state index is 0.306. The van der Waals surface area contributed by atoms with E-state index in [2.05, 4.69) is 34.7 Å². The van der Waals surface area contributed by atoms with Crippen LogP contribution in [0, 0.1) is 0 Å². The lowest BCUT2D eigenvalue weighted by molar-refractivity contribution is -0.111. The highest BCUT2D eigenvalue weighted by atomic mass is 16.5. The van der Waals surface area contributed by atoms with Crippen LogP contribution < -0.4 is 10.1 Å². The molecule has 0 atom stereocenters. The monoisotopic (exact) mass is 424 g/mol. The number of ether oxygens (including phenoxy) is 1. The van der Waals surface area contributed by atoms with Crippen LogP contribution in [0.2, 0.25) is 0 Å². The number of carbonyl (C=O) groups is 1. The zero-order chi connectivity index (χ0) is 22.1. The van der Waals surface area contributed by atoms with Gasteiger partial charge in [0, 0.05) is 34.7 Å². The van der Waals surface area contributed by atoms with E-state index in [4.69, 9.17) is 13.7 Å². The standard InChI is InChI=1S/C26H20N2O4/c1-16(12-26(29)27-25-10-11-32-28-25)20-13-21-22(15-31-24(21)14-23(20)30-2)19-9-5-7-17-6-3-4-8-18(17)19/h3-15H,1-2H3,(H,27,28,29)/b16-12+. The van der Waals surface area contributed by atoms with Gasteiger partial charge in [0.05, 0.1) is 13.4 Å². The molecule has 0 aliphatic heterocycles. The summed E-state index contributed by atoms with van der Waals surface area (Å²) in [7, 11) is 1.60. The predicted octanol–water partition coefficient (Wildman–Crippen LogP) is 6.29. The lowest BCUT2D eigenvalue weighted by Gasteiger charge is -2.10. The number of allylic oxidation sites excluding steroid dienone is 1. The molecule has 2 heterocycles. The van der Waals surface area contributed by atoms with Gasteiger partial charge in [0.25, 0.3) is 0 Å². The van der Waals surface area contributed by atoms with Crippen molar-refractivity contribution in [2.24, 2.45) is 0 Å². The van der Waals surface area contributed by atoms with Crippen molar-refractivity contribution in [1.29, 1.82) is 0 Å². The lowest BCUT2D eigenvalue weighted by atomic mass is 9.96. The van der Waals surface area contributed by atoms with Crippen LogP contribution in [-0.2, 0) is 4.79 Å². The fourth-order valence-electron chi connectivity index (χ4n) is 3.91. The SMILES string of the molecule is COc1cc2occ(-c3cccc4ccccc34)c2cc1/C(C)=C/C(=O)Nc1ccon1. The van der Waals surface area contributed by atoms with E-state index < -0.39 is 0 Å². The highest BCUT2D eigenvalue weighted by molar-refractivity contribution is 6.07. The maximum atomic E-state index is 12.4. The summed E-state index contributed by atoms with van der Waals surface area (Å²) >= 11 is 0. The van der Waals surface area contributed by atoms with E-state index in [0.29, 0.717) is 17.2 Å². The molecule has 32 heavy (non-hydrogen) atoms. The minimum Gasteiger partial charge on any atom is -0.496 e. The van der Waals surface area contributed by atoms with Crippen LogP contribution in [0.4, 0.5) is 5.82 Å². The van der Waals surface area contributed by atoms with Crippen LogP contribution in [0.3, 0.4) is 0 Å². The average Bonchev–Trinajstić information content (AvgIpc) is 3.47. The average molecular weight is 424 g/mol. The number of benzene rings is 3. The molecule has 5 rings (SSSR count). The van der Waals surface area contributed by atoms with Gasteiger partial charge in [0.1, 0.15) is 17.6 Å². The zero-order valence-corrected chi connectivity index (χ0v) is 17.6. The summed E-state index contributed by atoms with van der Waals surface area (Å²) in [5.41, 5.74) is 4.34. The summed E-state index contributed by atoms with van der Waals surface area (Å²) in [6.45, 7) is 1.86. The van der Waals surface area contributed by atoms with Gasteiger partial charge in [0.2, 0.25) is 5.91 Å². The summed E-state index contributed by atoms with van der Waals surface area (Å²) in [4.78, 5) is 12.4. The number of carbonyl (C=O) groups excluding carboxylic acids is 1. The van der Waals surface area contributed by atoms with Crippen LogP contribution in [-0.4, -0.2) is 18.2 Å². The van der Waals surface area contributed by atoms with E-state index >= 15 is 0 Å². The molecule has 0 spiro atoms. The first-order chi connectivity index (χ1) is 15.6. The summed E-state index contributed by atoms with van der Waals surface area (Å²) in [5, 5.41) is 9.63. The number of fused-ring (bicyclic) bond motifs is 2. The molecule has 0 radical (unpaired) electrons. The first-order valence-corrected chi connectivity index (χ1v) is 10.1. The molecular weight excluding hydrogens is 404 g/mol. The van der Waals surface area contributed by atoms with Crippen molar-refractivity contribution in [1.82, 2.24) is 5.16 Å². The Morgan fingerprint density at radius 1 is 1.03 bits per heavy atom.